The van der Waals surface area contributed by atoms with Gasteiger partial charge in [-0.1, -0.05) is 6.07 Å². The van der Waals surface area contributed by atoms with Gasteiger partial charge < -0.3 is 14.6 Å². The van der Waals surface area contributed by atoms with E-state index in [1.54, 1.807) is 10.7 Å². The van der Waals surface area contributed by atoms with E-state index in [2.05, 4.69) is 5.10 Å². The van der Waals surface area contributed by atoms with Crippen molar-refractivity contribution >= 4 is 0 Å². The largest absolute Gasteiger partial charge is 0.496 e. The highest BCUT2D eigenvalue weighted by molar-refractivity contribution is 5.47. The van der Waals surface area contributed by atoms with Crippen molar-refractivity contribution in [3.8, 4) is 11.5 Å². The number of hydrogen-bond donors (Lipinski definition) is 1. The van der Waals surface area contributed by atoms with Crippen LogP contribution in [0.25, 0.3) is 0 Å². The summed E-state index contributed by atoms with van der Waals surface area (Å²) in [6.07, 6.45) is 1.50. The minimum absolute atomic E-state index is 0.0565. The first-order valence-corrected chi connectivity index (χ1v) is 6.63. The van der Waals surface area contributed by atoms with Gasteiger partial charge in [-0.05, 0) is 26.0 Å². The van der Waals surface area contributed by atoms with Crippen LogP contribution in [0.2, 0.25) is 0 Å². The number of halogens is 1. The molecule has 2 rings (SSSR count). The molecule has 0 saturated carbocycles. The Morgan fingerprint density at radius 2 is 1.95 bits per heavy atom. The third kappa shape index (κ3) is 2.47. The number of benzene rings is 1. The molecule has 1 aromatic heterocycles. The summed E-state index contributed by atoms with van der Waals surface area (Å²) in [5.74, 6) is 0.114. The molecular weight excluding hydrogens is 275 g/mol. The lowest BCUT2D eigenvalue weighted by molar-refractivity contribution is 0.0814. The summed E-state index contributed by atoms with van der Waals surface area (Å²) in [5.41, 5.74) is -1.20. The molecule has 0 fully saturated rings. The molecule has 0 bridgehead atoms. The maximum absolute atomic E-state index is 14.3. The average molecular weight is 294 g/mol. The number of aryl methyl sites for hydroxylation is 1. The quantitative estimate of drug-likeness (QED) is 0.919. The van der Waals surface area contributed by atoms with Crippen molar-refractivity contribution < 1.29 is 19.0 Å². The van der Waals surface area contributed by atoms with Crippen molar-refractivity contribution in [1.82, 2.24) is 9.78 Å². The highest BCUT2D eigenvalue weighted by Crippen LogP contribution is 2.40. The van der Waals surface area contributed by atoms with Gasteiger partial charge in [0, 0.05) is 6.54 Å². The number of rotatable bonds is 5. The Balaban J connectivity index is 2.70. The van der Waals surface area contributed by atoms with Crippen molar-refractivity contribution in [3.63, 3.8) is 0 Å². The van der Waals surface area contributed by atoms with Gasteiger partial charge in [-0.25, -0.2) is 4.39 Å². The van der Waals surface area contributed by atoms with Crippen molar-refractivity contribution in [2.24, 2.45) is 0 Å². The normalized spacial score (nSPS) is 13.8. The fraction of sp³-hybridized carbons (Fsp3) is 0.400. The van der Waals surface area contributed by atoms with Gasteiger partial charge in [-0.3, -0.25) is 4.68 Å². The zero-order valence-electron chi connectivity index (χ0n) is 12.6. The van der Waals surface area contributed by atoms with E-state index in [0.29, 0.717) is 18.0 Å². The fourth-order valence-electron chi connectivity index (χ4n) is 2.51. The van der Waals surface area contributed by atoms with Gasteiger partial charge in [-0.2, -0.15) is 5.10 Å². The smallest absolute Gasteiger partial charge is 0.163 e. The van der Waals surface area contributed by atoms with Crippen LogP contribution >= 0.6 is 0 Å². The zero-order chi connectivity index (χ0) is 15.6. The first-order chi connectivity index (χ1) is 9.97. The van der Waals surface area contributed by atoms with E-state index in [1.165, 1.54) is 39.5 Å². The van der Waals surface area contributed by atoms with Gasteiger partial charge in [0.2, 0.25) is 0 Å². The van der Waals surface area contributed by atoms with Crippen LogP contribution in [0.15, 0.2) is 24.4 Å². The first-order valence-electron chi connectivity index (χ1n) is 6.63. The van der Waals surface area contributed by atoms with E-state index in [4.69, 9.17) is 9.47 Å². The molecule has 0 aliphatic rings. The van der Waals surface area contributed by atoms with Crippen LogP contribution in [0.5, 0.6) is 11.5 Å². The molecule has 1 unspecified atom stereocenters. The monoisotopic (exact) mass is 294 g/mol. The molecule has 1 atom stereocenters. The third-order valence-electron chi connectivity index (χ3n) is 3.47. The number of methoxy groups -OCH3 is 2. The summed E-state index contributed by atoms with van der Waals surface area (Å²) < 4.78 is 26.3. The van der Waals surface area contributed by atoms with Crippen molar-refractivity contribution in [2.75, 3.05) is 14.2 Å². The summed E-state index contributed by atoms with van der Waals surface area (Å²) in [6.45, 7) is 3.90. The second-order valence-electron chi connectivity index (χ2n) is 4.77. The van der Waals surface area contributed by atoms with Crippen LogP contribution in [0, 0.1) is 5.82 Å². The molecule has 1 aromatic carbocycles. The lowest BCUT2D eigenvalue weighted by atomic mass is 9.90. The Kier molecular flexibility index (Phi) is 4.18. The fourth-order valence-corrected chi connectivity index (χ4v) is 2.51. The Labute approximate surface area is 122 Å². The predicted octanol–water partition coefficient (Wildman–Crippen LogP) is 2.32. The first kappa shape index (κ1) is 15.3. The van der Waals surface area contributed by atoms with E-state index in [9.17, 15) is 9.50 Å². The number of ether oxygens (including phenoxy) is 2. The van der Waals surface area contributed by atoms with E-state index < -0.39 is 11.4 Å². The summed E-state index contributed by atoms with van der Waals surface area (Å²) in [5, 5.41) is 15.2. The van der Waals surface area contributed by atoms with Gasteiger partial charge in [0.05, 0.1) is 26.0 Å². The van der Waals surface area contributed by atoms with E-state index in [0.717, 1.165) is 0 Å². The van der Waals surface area contributed by atoms with Gasteiger partial charge in [0.1, 0.15) is 22.9 Å². The molecule has 6 heteroatoms. The van der Waals surface area contributed by atoms with E-state index >= 15 is 0 Å². The topological polar surface area (TPSA) is 56.5 Å². The van der Waals surface area contributed by atoms with E-state index in [1.807, 2.05) is 6.92 Å². The van der Waals surface area contributed by atoms with Crippen LogP contribution in [0.3, 0.4) is 0 Å². The number of aliphatic hydroxyl groups is 1. The molecule has 1 N–H and O–H groups in total. The molecule has 0 aliphatic carbocycles. The third-order valence-corrected chi connectivity index (χ3v) is 3.47. The lowest BCUT2D eigenvalue weighted by Crippen LogP contribution is -2.29. The minimum Gasteiger partial charge on any atom is -0.496 e. The summed E-state index contributed by atoms with van der Waals surface area (Å²) >= 11 is 0. The average Bonchev–Trinajstić information content (AvgIpc) is 2.90. The molecule has 0 saturated heterocycles. The SMILES string of the molecule is CCn1ncc(OC)c1C(C)(O)c1c(F)cccc1OC. The Morgan fingerprint density at radius 1 is 1.29 bits per heavy atom. The van der Waals surface area contributed by atoms with Crippen LogP contribution < -0.4 is 9.47 Å². The standard InChI is InChI=1S/C15H19FN2O3/c1-5-18-14(12(21-4)9-17-18)15(2,19)13-10(16)7-6-8-11(13)20-3/h6-9,19H,5H2,1-4H3. The van der Waals surface area contributed by atoms with Gasteiger partial charge >= 0.3 is 0 Å². The van der Waals surface area contributed by atoms with E-state index in [-0.39, 0.29) is 11.3 Å². The Hall–Kier alpha value is -2.08. The maximum Gasteiger partial charge on any atom is 0.163 e. The molecular formula is C15H19FN2O3. The molecule has 114 valence electrons. The molecule has 21 heavy (non-hydrogen) atoms. The number of nitrogens with zero attached hydrogens (tertiary/aromatic N) is 2. The van der Waals surface area contributed by atoms with Crippen molar-refractivity contribution in [1.29, 1.82) is 0 Å². The molecule has 0 aliphatic heterocycles. The highest BCUT2D eigenvalue weighted by atomic mass is 19.1. The van der Waals surface area contributed by atoms with Gasteiger partial charge in [0.25, 0.3) is 0 Å². The van der Waals surface area contributed by atoms with Crippen LogP contribution in [-0.4, -0.2) is 29.1 Å². The Bertz CT molecular complexity index is 616. The highest BCUT2D eigenvalue weighted by Gasteiger charge is 2.38. The Morgan fingerprint density at radius 3 is 2.52 bits per heavy atom. The minimum atomic E-state index is -1.64. The second kappa shape index (κ2) is 5.73. The molecule has 1 heterocycles. The summed E-state index contributed by atoms with van der Waals surface area (Å²) in [4.78, 5) is 0. The molecule has 0 amide bonds. The molecule has 0 radical (unpaired) electrons. The van der Waals surface area contributed by atoms with Gasteiger partial charge in [-0.15, -0.1) is 0 Å². The molecule has 5 nitrogen and oxygen atoms in total. The van der Waals surface area contributed by atoms with Crippen molar-refractivity contribution in [3.05, 3.63) is 41.5 Å². The lowest BCUT2D eigenvalue weighted by Gasteiger charge is -2.27. The van der Waals surface area contributed by atoms with Gasteiger partial charge in [0.15, 0.2) is 5.75 Å². The summed E-state index contributed by atoms with van der Waals surface area (Å²) in [7, 11) is 2.91. The molecule has 2 aromatic rings. The van der Waals surface area contributed by atoms with Crippen LogP contribution in [0.4, 0.5) is 4.39 Å². The number of aromatic nitrogens is 2. The van der Waals surface area contributed by atoms with Crippen LogP contribution in [0.1, 0.15) is 25.1 Å². The number of hydrogen-bond acceptors (Lipinski definition) is 4. The predicted molar refractivity (Wildman–Crippen MR) is 76.1 cm³/mol. The van der Waals surface area contributed by atoms with Crippen molar-refractivity contribution in [2.45, 2.75) is 26.0 Å². The molecule has 0 spiro atoms. The second-order valence-corrected chi connectivity index (χ2v) is 4.77. The van der Waals surface area contributed by atoms with Crippen LogP contribution in [-0.2, 0) is 12.1 Å². The zero-order valence-corrected chi connectivity index (χ0v) is 12.6. The maximum atomic E-state index is 14.3. The summed E-state index contributed by atoms with van der Waals surface area (Å²) in [6, 6.07) is 4.42.